The van der Waals surface area contributed by atoms with E-state index in [1.807, 2.05) is 0 Å². The number of carboxylic acids is 1. The van der Waals surface area contributed by atoms with Crippen LogP contribution in [-0.4, -0.2) is 25.0 Å². The molecule has 0 bridgehead atoms. The van der Waals surface area contributed by atoms with Crippen molar-refractivity contribution in [3.8, 4) is 0 Å². The number of hydrogen-bond acceptors (Lipinski definition) is 3. The van der Waals surface area contributed by atoms with Gasteiger partial charge in [0.2, 0.25) is 10.0 Å². The predicted octanol–water partition coefficient (Wildman–Crippen LogP) is 3.27. The maximum atomic E-state index is 12.4. The van der Waals surface area contributed by atoms with Gasteiger partial charge in [-0.2, -0.15) is 0 Å². The van der Waals surface area contributed by atoms with Crippen molar-refractivity contribution < 1.29 is 18.3 Å². The molecular formula is C13H17BrClNO4S. The summed E-state index contributed by atoms with van der Waals surface area (Å²) >= 11 is 9.00. The minimum Gasteiger partial charge on any atom is -0.481 e. The summed E-state index contributed by atoms with van der Waals surface area (Å²) in [6, 6.07) is 4.18. The maximum Gasteiger partial charge on any atom is 0.310 e. The van der Waals surface area contributed by atoms with E-state index >= 15 is 0 Å². The van der Waals surface area contributed by atoms with Crippen molar-refractivity contribution >= 4 is 43.5 Å². The van der Waals surface area contributed by atoms with Crippen LogP contribution in [0.2, 0.25) is 5.02 Å². The first-order chi connectivity index (χ1) is 9.31. The highest BCUT2D eigenvalue weighted by Crippen LogP contribution is 2.33. The molecule has 8 heteroatoms. The minimum absolute atomic E-state index is 0.00744. The molecule has 0 fully saturated rings. The molecule has 0 aliphatic carbocycles. The van der Waals surface area contributed by atoms with E-state index in [9.17, 15) is 18.3 Å². The Hall–Kier alpha value is -0.630. The fourth-order valence-corrected chi connectivity index (χ4v) is 3.65. The fraction of sp³-hybridized carbons (Fsp3) is 0.462. The van der Waals surface area contributed by atoms with Gasteiger partial charge in [-0.15, -0.1) is 0 Å². The van der Waals surface area contributed by atoms with E-state index < -0.39 is 26.9 Å². The van der Waals surface area contributed by atoms with Gasteiger partial charge in [-0.05, 0) is 61.8 Å². The van der Waals surface area contributed by atoms with Gasteiger partial charge in [0, 0.05) is 10.0 Å². The first-order valence-electron chi connectivity index (χ1n) is 6.04. The SMILES string of the molecule is CC(C)(NS(=O)(=O)c1ccc(Cl)c(Br)c1)C(C)(C)C(=O)O. The summed E-state index contributed by atoms with van der Waals surface area (Å²) in [4.78, 5) is 11.3. The zero-order valence-corrected chi connectivity index (χ0v) is 15.2. The summed E-state index contributed by atoms with van der Waals surface area (Å²) in [5.41, 5.74) is -2.48. The summed E-state index contributed by atoms with van der Waals surface area (Å²) in [7, 11) is -3.88. The van der Waals surface area contributed by atoms with Crippen LogP contribution in [0.5, 0.6) is 0 Å². The zero-order chi connectivity index (χ0) is 16.6. The molecule has 0 saturated heterocycles. The van der Waals surface area contributed by atoms with Crippen molar-refractivity contribution in [2.45, 2.75) is 38.1 Å². The second-order valence-corrected chi connectivity index (χ2v) is 8.68. The topological polar surface area (TPSA) is 83.5 Å². The maximum absolute atomic E-state index is 12.4. The van der Waals surface area contributed by atoms with Gasteiger partial charge < -0.3 is 5.11 Å². The minimum atomic E-state index is -3.88. The van der Waals surface area contributed by atoms with Crippen molar-refractivity contribution in [1.82, 2.24) is 4.72 Å². The molecule has 118 valence electrons. The van der Waals surface area contributed by atoms with Gasteiger partial charge >= 0.3 is 5.97 Å². The molecule has 2 N–H and O–H groups in total. The zero-order valence-electron chi connectivity index (χ0n) is 12.1. The molecule has 1 aromatic rings. The molecule has 0 saturated carbocycles. The van der Waals surface area contributed by atoms with Crippen LogP contribution in [-0.2, 0) is 14.8 Å². The molecule has 0 aliphatic rings. The van der Waals surface area contributed by atoms with Crippen LogP contribution in [0.4, 0.5) is 0 Å². The Kier molecular flexibility index (Phi) is 5.15. The Balaban J connectivity index is 3.21. The number of carbonyl (C=O) groups is 1. The van der Waals surface area contributed by atoms with Crippen LogP contribution >= 0.6 is 27.5 Å². The summed E-state index contributed by atoms with van der Waals surface area (Å²) in [6.45, 7) is 6.00. The van der Waals surface area contributed by atoms with Crippen molar-refractivity contribution in [3.05, 3.63) is 27.7 Å². The summed E-state index contributed by atoms with van der Waals surface area (Å²) < 4.78 is 27.7. The number of halogens is 2. The molecule has 0 unspecified atom stereocenters. The number of carboxylic acid groups (broad SMARTS) is 1. The Labute approximate surface area is 137 Å². The molecule has 0 spiro atoms. The molecule has 0 heterocycles. The summed E-state index contributed by atoms with van der Waals surface area (Å²) in [6.07, 6.45) is 0. The van der Waals surface area contributed by atoms with Crippen LogP contribution in [0.3, 0.4) is 0 Å². The Morgan fingerprint density at radius 3 is 2.24 bits per heavy atom. The first kappa shape index (κ1) is 18.4. The van der Waals surface area contributed by atoms with Crippen LogP contribution in [0.15, 0.2) is 27.6 Å². The highest BCUT2D eigenvalue weighted by Gasteiger charge is 2.45. The smallest absolute Gasteiger partial charge is 0.310 e. The van der Waals surface area contributed by atoms with Crippen LogP contribution in [0, 0.1) is 5.41 Å². The highest BCUT2D eigenvalue weighted by atomic mass is 79.9. The lowest BCUT2D eigenvalue weighted by Gasteiger charge is -2.38. The number of benzene rings is 1. The van der Waals surface area contributed by atoms with E-state index in [4.69, 9.17) is 11.6 Å². The monoisotopic (exact) mass is 397 g/mol. The van der Waals surface area contributed by atoms with Gasteiger partial charge in [-0.1, -0.05) is 11.6 Å². The molecule has 0 aromatic heterocycles. The van der Waals surface area contributed by atoms with E-state index in [0.717, 1.165) is 0 Å². The van der Waals surface area contributed by atoms with Gasteiger partial charge in [0.05, 0.1) is 15.3 Å². The molecule has 0 radical (unpaired) electrons. The summed E-state index contributed by atoms with van der Waals surface area (Å²) in [5.74, 6) is -1.09. The molecule has 0 atom stereocenters. The van der Waals surface area contributed by atoms with Crippen molar-refractivity contribution in [2.24, 2.45) is 5.41 Å². The lowest BCUT2D eigenvalue weighted by Crippen LogP contribution is -2.56. The van der Waals surface area contributed by atoms with Crippen molar-refractivity contribution in [3.63, 3.8) is 0 Å². The normalized spacial score (nSPS) is 13.2. The third-order valence-electron chi connectivity index (χ3n) is 3.69. The van der Waals surface area contributed by atoms with E-state index in [1.54, 1.807) is 0 Å². The average Bonchev–Trinajstić information content (AvgIpc) is 2.30. The van der Waals surface area contributed by atoms with Crippen molar-refractivity contribution in [2.75, 3.05) is 0 Å². The van der Waals surface area contributed by atoms with E-state index in [2.05, 4.69) is 20.7 Å². The standard InChI is InChI=1S/C13H17BrClNO4S/c1-12(2,11(17)18)13(3,4)16-21(19,20)8-5-6-10(15)9(14)7-8/h5-7,16H,1-4H3,(H,17,18). The van der Waals surface area contributed by atoms with Gasteiger partial charge in [-0.25, -0.2) is 13.1 Å². The van der Waals surface area contributed by atoms with Crippen molar-refractivity contribution in [1.29, 1.82) is 0 Å². The fourth-order valence-electron chi connectivity index (χ4n) is 1.43. The van der Waals surface area contributed by atoms with E-state index in [0.29, 0.717) is 9.50 Å². The van der Waals surface area contributed by atoms with Crippen LogP contribution in [0.1, 0.15) is 27.7 Å². The quantitative estimate of drug-likeness (QED) is 0.797. The van der Waals surface area contributed by atoms with E-state index in [1.165, 1.54) is 45.9 Å². The first-order valence-corrected chi connectivity index (χ1v) is 8.69. The largest absolute Gasteiger partial charge is 0.481 e. The second-order valence-electron chi connectivity index (χ2n) is 5.74. The average molecular weight is 399 g/mol. The molecule has 1 rings (SSSR count). The lowest BCUT2D eigenvalue weighted by molar-refractivity contribution is -0.150. The second kappa shape index (κ2) is 5.87. The number of rotatable bonds is 5. The molecule has 0 amide bonds. The number of hydrogen-bond donors (Lipinski definition) is 2. The van der Waals surface area contributed by atoms with Gasteiger partial charge in [0.1, 0.15) is 0 Å². The Morgan fingerprint density at radius 2 is 1.81 bits per heavy atom. The number of nitrogens with one attached hydrogen (secondary N) is 1. The third kappa shape index (κ3) is 3.77. The van der Waals surface area contributed by atoms with Gasteiger partial charge in [-0.3, -0.25) is 4.79 Å². The number of sulfonamides is 1. The van der Waals surface area contributed by atoms with E-state index in [-0.39, 0.29) is 4.90 Å². The molecule has 21 heavy (non-hydrogen) atoms. The molecular weight excluding hydrogens is 382 g/mol. The molecule has 1 aromatic carbocycles. The van der Waals surface area contributed by atoms with Crippen LogP contribution < -0.4 is 4.72 Å². The van der Waals surface area contributed by atoms with Gasteiger partial charge in [0.25, 0.3) is 0 Å². The Bertz CT molecular complexity index is 671. The third-order valence-corrected chi connectivity index (χ3v) is 6.56. The van der Waals surface area contributed by atoms with Gasteiger partial charge in [0.15, 0.2) is 0 Å². The predicted molar refractivity (Wildman–Crippen MR) is 85.0 cm³/mol. The highest BCUT2D eigenvalue weighted by molar-refractivity contribution is 9.10. The summed E-state index contributed by atoms with van der Waals surface area (Å²) in [5, 5.41) is 9.65. The lowest BCUT2D eigenvalue weighted by atomic mass is 9.75. The Morgan fingerprint density at radius 1 is 1.29 bits per heavy atom. The molecule has 5 nitrogen and oxygen atoms in total. The number of aliphatic carboxylic acids is 1. The van der Waals surface area contributed by atoms with Crippen LogP contribution in [0.25, 0.3) is 0 Å². The molecule has 0 aliphatic heterocycles.